The van der Waals surface area contributed by atoms with E-state index in [2.05, 4.69) is 4.74 Å². The van der Waals surface area contributed by atoms with E-state index in [0.717, 1.165) is 18.9 Å². The van der Waals surface area contributed by atoms with Gasteiger partial charge in [0.1, 0.15) is 0 Å². The first kappa shape index (κ1) is 17.1. The van der Waals surface area contributed by atoms with E-state index in [1.165, 1.54) is 19.2 Å². The summed E-state index contributed by atoms with van der Waals surface area (Å²) in [4.78, 5) is 11.8. The number of unbranched alkanes of at least 4 members (excludes halogenated alkanes) is 1. The van der Waals surface area contributed by atoms with Crippen LogP contribution in [0.1, 0.15) is 37.7 Å². The van der Waals surface area contributed by atoms with E-state index >= 15 is 0 Å². The third-order valence-corrected chi connectivity index (χ3v) is 3.03. The van der Waals surface area contributed by atoms with Crippen molar-refractivity contribution in [2.75, 3.05) is 12.8 Å². The zero-order chi connectivity index (χ0) is 16.0. The molecule has 0 bridgehead atoms. The van der Waals surface area contributed by atoms with Crippen LogP contribution in [0.3, 0.4) is 0 Å². The van der Waals surface area contributed by atoms with Crippen molar-refractivity contribution in [1.82, 2.24) is 0 Å². The van der Waals surface area contributed by atoms with Crippen molar-refractivity contribution in [2.24, 2.45) is 0 Å². The van der Waals surface area contributed by atoms with Crippen molar-refractivity contribution in [3.8, 4) is 5.75 Å². The maximum Gasteiger partial charge on any atom is 0.573 e. The normalized spacial score (nSPS) is 12.8. The highest BCUT2D eigenvalue weighted by Crippen LogP contribution is 2.36. The van der Waals surface area contributed by atoms with Crippen molar-refractivity contribution in [1.29, 1.82) is 0 Å². The molecular formula is C14H18F3NO3. The number of anilines is 1. The lowest BCUT2D eigenvalue weighted by molar-refractivity contribution is -0.274. The molecule has 1 unspecified atom stereocenters. The van der Waals surface area contributed by atoms with Gasteiger partial charge in [0.2, 0.25) is 0 Å². The van der Waals surface area contributed by atoms with Crippen LogP contribution in [0.15, 0.2) is 18.2 Å². The summed E-state index contributed by atoms with van der Waals surface area (Å²) < 4.78 is 45.5. The van der Waals surface area contributed by atoms with Gasteiger partial charge in [-0.2, -0.15) is 0 Å². The average Bonchev–Trinajstić information content (AvgIpc) is 2.41. The van der Waals surface area contributed by atoms with Gasteiger partial charge in [-0.1, -0.05) is 31.9 Å². The summed E-state index contributed by atoms with van der Waals surface area (Å²) in [6, 6.07) is 3.99. The minimum absolute atomic E-state index is 0.193. The van der Waals surface area contributed by atoms with Crippen molar-refractivity contribution in [3.63, 3.8) is 0 Å². The number of benzene rings is 1. The summed E-state index contributed by atoms with van der Waals surface area (Å²) in [5, 5.41) is 0. The van der Waals surface area contributed by atoms with E-state index in [0.29, 0.717) is 6.42 Å². The summed E-state index contributed by atoms with van der Waals surface area (Å²) in [7, 11) is 1.23. The Kier molecular flexibility index (Phi) is 5.87. The van der Waals surface area contributed by atoms with Crippen LogP contribution in [0.2, 0.25) is 0 Å². The van der Waals surface area contributed by atoms with Gasteiger partial charge in [-0.3, -0.25) is 4.79 Å². The summed E-state index contributed by atoms with van der Waals surface area (Å²) >= 11 is 0. The molecule has 0 aliphatic carbocycles. The number of methoxy groups -OCH3 is 1. The molecule has 0 heterocycles. The molecule has 21 heavy (non-hydrogen) atoms. The van der Waals surface area contributed by atoms with Crippen molar-refractivity contribution in [2.45, 2.75) is 38.5 Å². The molecule has 7 heteroatoms. The molecule has 1 aromatic carbocycles. The zero-order valence-corrected chi connectivity index (χ0v) is 11.9. The average molecular weight is 305 g/mol. The first-order valence-corrected chi connectivity index (χ1v) is 6.52. The van der Waals surface area contributed by atoms with Gasteiger partial charge in [0.05, 0.1) is 18.7 Å². The van der Waals surface area contributed by atoms with Crippen LogP contribution in [0.25, 0.3) is 0 Å². The van der Waals surface area contributed by atoms with E-state index in [-0.39, 0.29) is 11.3 Å². The first-order chi connectivity index (χ1) is 9.80. The van der Waals surface area contributed by atoms with E-state index in [4.69, 9.17) is 10.5 Å². The number of ether oxygens (including phenoxy) is 2. The number of alkyl halides is 3. The number of hydrogen-bond donors (Lipinski definition) is 1. The first-order valence-electron chi connectivity index (χ1n) is 6.52. The fourth-order valence-electron chi connectivity index (χ4n) is 2.03. The molecule has 0 saturated carbocycles. The number of nitrogen functional groups attached to an aromatic ring is 1. The van der Waals surface area contributed by atoms with Crippen LogP contribution < -0.4 is 10.5 Å². The standard InChI is InChI=1S/C14H18F3NO3/c1-3-4-6-10(13(19)20-2)9-7-5-8-11(12(9)18)21-14(15,16)17/h5,7-8,10H,3-4,6,18H2,1-2H3. The molecule has 0 aromatic heterocycles. The van der Waals surface area contributed by atoms with Gasteiger partial charge in [-0.05, 0) is 18.1 Å². The van der Waals surface area contributed by atoms with Crippen LogP contribution in [-0.4, -0.2) is 19.4 Å². The Morgan fingerprint density at radius 1 is 1.38 bits per heavy atom. The predicted molar refractivity (Wildman–Crippen MR) is 71.8 cm³/mol. The summed E-state index contributed by atoms with van der Waals surface area (Å²) in [5.41, 5.74) is 5.82. The predicted octanol–water partition coefficient (Wildman–Crippen LogP) is 3.61. The Morgan fingerprint density at radius 3 is 2.57 bits per heavy atom. The molecule has 2 N–H and O–H groups in total. The number of carbonyl (C=O) groups excluding carboxylic acids is 1. The Labute approximate surface area is 121 Å². The summed E-state index contributed by atoms with van der Waals surface area (Å²) in [6.07, 6.45) is -2.82. The molecule has 4 nitrogen and oxygen atoms in total. The fraction of sp³-hybridized carbons (Fsp3) is 0.500. The Hall–Kier alpha value is -1.92. The van der Waals surface area contributed by atoms with Crippen LogP contribution in [0, 0.1) is 0 Å². The topological polar surface area (TPSA) is 61.5 Å². The molecule has 0 saturated heterocycles. The Balaban J connectivity index is 3.13. The molecule has 0 radical (unpaired) electrons. The number of carbonyl (C=O) groups is 1. The van der Waals surface area contributed by atoms with Crippen molar-refractivity contribution < 1.29 is 27.4 Å². The monoisotopic (exact) mass is 305 g/mol. The number of para-hydroxylation sites is 1. The zero-order valence-electron chi connectivity index (χ0n) is 11.9. The molecule has 0 amide bonds. The lowest BCUT2D eigenvalue weighted by atomic mass is 9.92. The second-order valence-corrected chi connectivity index (χ2v) is 4.52. The smallest absolute Gasteiger partial charge is 0.469 e. The van der Waals surface area contributed by atoms with E-state index in [9.17, 15) is 18.0 Å². The Bertz CT molecular complexity index is 489. The van der Waals surface area contributed by atoms with E-state index in [1.54, 1.807) is 0 Å². The van der Waals surface area contributed by atoms with Gasteiger partial charge in [-0.15, -0.1) is 13.2 Å². The maximum absolute atomic E-state index is 12.3. The molecule has 0 aliphatic heterocycles. The molecule has 0 fully saturated rings. The van der Waals surface area contributed by atoms with Gasteiger partial charge < -0.3 is 15.2 Å². The fourth-order valence-corrected chi connectivity index (χ4v) is 2.03. The van der Waals surface area contributed by atoms with E-state index in [1.807, 2.05) is 6.92 Å². The SMILES string of the molecule is CCCCC(C(=O)OC)c1cccc(OC(F)(F)F)c1N. The number of rotatable bonds is 6. The number of nitrogens with two attached hydrogens (primary N) is 1. The second-order valence-electron chi connectivity index (χ2n) is 4.52. The quantitative estimate of drug-likeness (QED) is 0.644. The molecule has 1 rings (SSSR count). The van der Waals surface area contributed by atoms with Gasteiger partial charge in [0.15, 0.2) is 5.75 Å². The summed E-state index contributed by atoms with van der Waals surface area (Å²) in [6.45, 7) is 1.95. The van der Waals surface area contributed by atoms with Gasteiger partial charge in [0.25, 0.3) is 0 Å². The second kappa shape index (κ2) is 7.19. The maximum atomic E-state index is 12.3. The molecular weight excluding hydrogens is 287 g/mol. The molecule has 0 aliphatic rings. The van der Waals surface area contributed by atoms with Crippen molar-refractivity contribution >= 4 is 11.7 Å². The number of halogens is 3. The minimum atomic E-state index is -4.84. The molecule has 1 aromatic rings. The third kappa shape index (κ3) is 4.84. The van der Waals surface area contributed by atoms with E-state index < -0.39 is 24.0 Å². The van der Waals surface area contributed by atoms with Crippen LogP contribution >= 0.6 is 0 Å². The van der Waals surface area contributed by atoms with Crippen LogP contribution in [-0.2, 0) is 9.53 Å². The number of esters is 1. The highest BCUT2D eigenvalue weighted by atomic mass is 19.4. The van der Waals surface area contributed by atoms with Gasteiger partial charge in [0, 0.05) is 0 Å². The van der Waals surface area contributed by atoms with Crippen LogP contribution in [0.5, 0.6) is 5.75 Å². The highest BCUT2D eigenvalue weighted by Gasteiger charge is 2.33. The molecule has 1 atom stereocenters. The van der Waals surface area contributed by atoms with Gasteiger partial charge in [-0.25, -0.2) is 0 Å². The lowest BCUT2D eigenvalue weighted by Gasteiger charge is -2.19. The third-order valence-electron chi connectivity index (χ3n) is 3.03. The highest BCUT2D eigenvalue weighted by molar-refractivity contribution is 5.81. The minimum Gasteiger partial charge on any atom is -0.469 e. The number of hydrogen-bond acceptors (Lipinski definition) is 4. The largest absolute Gasteiger partial charge is 0.573 e. The Morgan fingerprint density at radius 2 is 2.05 bits per heavy atom. The summed E-state index contributed by atoms with van der Waals surface area (Å²) in [5.74, 6) is -1.74. The lowest BCUT2D eigenvalue weighted by Crippen LogP contribution is -2.20. The van der Waals surface area contributed by atoms with Crippen molar-refractivity contribution in [3.05, 3.63) is 23.8 Å². The molecule has 0 spiro atoms. The van der Waals surface area contributed by atoms with Crippen LogP contribution in [0.4, 0.5) is 18.9 Å². The van der Waals surface area contributed by atoms with Gasteiger partial charge >= 0.3 is 12.3 Å². The molecule has 118 valence electrons.